The highest BCUT2D eigenvalue weighted by Crippen LogP contribution is 2.15. The molecular weight excluding hydrogens is 175 g/mol. The Morgan fingerprint density at radius 2 is 1.75 bits per heavy atom. The van der Waals surface area contributed by atoms with Crippen molar-refractivity contribution < 1.29 is 4.39 Å². The summed E-state index contributed by atoms with van der Waals surface area (Å²) in [4.78, 5) is 0. The van der Waals surface area contributed by atoms with Gasteiger partial charge >= 0.3 is 0 Å². The highest BCUT2D eigenvalue weighted by atomic mass is 35.5. The van der Waals surface area contributed by atoms with Crippen molar-refractivity contribution in [3.63, 3.8) is 0 Å². The van der Waals surface area contributed by atoms with Crippen molar-refractivity contribution in [1.29, 1.82) is 0 Å². The molecule has 1 atom stereocenters. The predicted octanol–water partition coefficient (Wildman–Crippen LogP) is 4.31. The van der Waals surface area contributed by atoms with Crippen LogP contribution in [0, 0.1) is 0 Å². The molecule has 0 bridgehead atoms. The molecule has 0 saturated carbocycles. The van der Waals surface area contributed by atoms with Crippen molar-refractivity contribution in [2.45, 2.75) is 57.2 Å². The van der Waals surface area contributed by atoms with Gasteiger partial charge in [0, 0.05) is 5.38 Å². The van der Waals surface area contributed by atoms with Crippen LogP contribution in [0.15, 0.2) is 0 Å². The van der Waals surface area contributed by atoms with Crippen LogP contribution in [0.5, 0.6) is 0 Å². The Labute approximate surface area is 80.5 Å². The third-order valence-corrected chi connectivity index (χ3v) is 2.46. The normalized spacial score (nSPS) is 13.2. The lowest BCUT2D eigenvalue weighted by atomic mass is 10.1. The minimum atomic E-state index is -0.179. The average Bonchev–Trinajstić information content (AvgIpc) is 2.09. The van der Waals surface area contributed by atoms with E-state index in [1.54, 1.807) is 0 Å². The summed E-state index contributed by atoms with van der Waals surface area (Å²) in [5.41, 5.74) is 0. The quantitative estimate of drug-likeness (QED) is 0.399. The Morgan fingerprint density at radius 3 is 2.33 bits per heavy atom. The molecule has 0 aliphatic carbocycles. The zero-order chi connectivity index (χ0) is 9.23. The molecule has 1 unspecified atom stereocenters. The van der Waals surface area contributed by atoms with E-state index in [1.165, 1.54) is 12.8 Å². The van der Waals surface area contributed by atoms with Gasteiger partial charge in [-0.3, -0.25) is 4.39 Å². The number of alkyl halides is 2. The van der Waals surface area contributed by atoms with Gasteiger partial charge in [-0.2, -0.15) is 0 Å². The molecule has 0 aliphatic rings. The van der Waals surface area contributed by atoms with Crippen LogP contribution < -0.4 is 0 Å². The van der Waals surface area contributed by atoms with Crippen LogP contribution >= 0.6 is 11.6 Å². The molecule has 0 spiro atoms. The van der Waals surface area contributed by atoms with Crippen molar-refractivity contribution in [1.82, 2.24) is 0 Å². The first kappa shape index (κ1) is 12.2. The monoisotopic (exact) mass is 194 g/mol. The number of unbranched alkanes of at least 4 members (excludes halogenated alkanes) is 3. The molecule has 0 aromatic carbocycles. The average molecular weight is 195 g/mol. The van der Waals surface area contributed by atoms with Gasteiger partial charge in [0.1, 0.15) is 0 Å². The number of rotatable bonds is 8. The highest BCUT2D eigenvalue weighted by molar-refractivity contribution is 6.20. The van der Waals surface area contributed by atoms with E-state index in [2.05, 4.69) is 6.92 Å². The first-order valence-corrected chi connectivity index (χ1v) is 5.45. The summed E-state index contributed by atoms with van der Waals surface area (Å²) in [6.45, 7) is 1.99. The van der Waals surface area contributed by atoms with Gasteiger partial charge in [-0.25, -0.2) is 0 Å². The molecule has 2 heteroatoms. The molecule has 74 valence electrons. The zero-order valence-electron chi connectivity index (χ0n) is 7.99. The molecular formula is C10H20ClF. The summed E-state index contributed by atoms with van der Waals surface area (Å²) in [7, 11) is 0. The first-order chi connectivity index (χ1) is 5.81. The second-order valence-corrected chi connectivity index (χ2v) is 3.90. The van der Waals surface area contributed by atoms with Crippen LogP contribution in [-0.4, -0.2) is 12.1 Å². The SMILES string of the molecule is CCCCC(Cl)CCCCCF. The Balaban J connectivity index is 3.02. The fourth-order valence-corrected chi connectivity index (χ4v) is 1.52. The molecule has 0 rings (SSSR count). The maximum absolute atomic E-state index is 11.7. The van der Waals surface area contributed by atoms with E-state index in [9.17, 15) is 4.39 Å². The topological polar surface area (TPSA) is 0 Å². The van der Waals surface area contributed by atoms with Gasteiger partial charge in [0.2, 0.25) is 0 Å². The summed E-state index contributed by atoms with van der Waals surface area (Å²) in [6.07, 6.45) is 7.39. The van der Waals surface area contributed by atoms with Gasteiger partial charge in [-0.15, -0.1) is 11.6 Å². The fourth-order valence-electron chi connectivity index (χ4n) is 1.21. The van der Waals surface area contributed by atoms with Crippen LogP contribution in [0.2, 0.25) is 0 Å². The largest absolute Gasteiger partial charge is 0.251 e. The molecule has 12 heavy (non-hydrogen) atoms. The van der Waals surface area contributed by atoms with E-state index in [4.69, 9.17) is 11.6 Å². The molecule has 0 heterocycles. The van der Waals surface area contributed by atoms with Crippen molar-refractivity contribution >= 4 is 11.6 Å². The van der Waals surface area contributed by atoms with Crippen LogP contribution in [0.4, 0.5) is 4.39 Å². The van der Waals surface area contributed by atoms with Gasteiger partial charge in [0.25, 0.3) is 0 Å². The lowest BCUT2D eigenvalue weighted by Gasteiger charge is -2.07. The van der Waals surface area contributed by atoms with E-state index in [-0.39, 0.29) is 6.67 Å². The standard InChI is InChI=1S/C10H20ClF/c1-2-3-7-10(11)8-5-4-6-9-12/h10H,2-9H2,1H3. The van der Waals surface area contributed by atoms with E-state index < -0.39 is 0 Å². The van der Waals surface area contributed by atoms with Crippen molar-refractivity contribution in [3.8, 4) is 0 Å². The third-order valence-electron chi connectivity index (χ3n) is 2.02. The molecule has 0 aliphatic heterocycles. The Morgan fingerprint density at radius 1 is 1.08 bits per heavy atom. The number of halogens is 2. The van der Waals surface area contributed by atoms with Crippen LogP contribution in [0.25, 0.3) is 0 Å². The minimum absolute atomic E-state index is 0.179. The summed E-state index contributed by atoms with van der Waals surface area (Å²) >= 11 is 6.04. The molecule has 0 amide bonds. The Hall–Kier alpha value is 0.220. The smallest absolute Gasteiger partial charge is 0.0894 e. The fraction of sp³-hybridized carbons (Fsp3) is 1.00. The maximum Gasteiger partial charge on any atom is 0.0894 e. The predicted molar refractivity (Wildman–Crippen MR) is 53.6 cm³/mol. The second-order valence-electron chi connectivity index (χ2n) is 3.28. The summed E-state index contributed by atoms with van der Waals surface area (Å²) in [5, 5.41) is 0.324. The number of hydrogen-bond donors (Lipinski definition) is 0. The van der Waals surface area contributed by atoms with E-state index in [0.29, 0.717) is 11.8 Å². The lowest BCUT2D eigenvalue weighted by molar-refractivity contribution is 0.450. The lowest BCUT2D eigenvalue weighted by Crippen LogP contribution is -1.97. The van der Waals surface area contributed by atoms with Crippen LogP contribution in [-0.2, 0) is 0 Å². The van der Waals surface area contributed by atoms with Gasteiger partial charge in [0.05, 0.1) is 6.67 Å². The Bertz CT molecular complexity index is 85.9. The number of hydrogen-bond acceptors (Lipinski definition) is 0. The Kier molecular flexibility index (Phi) is 9.48. The van der Waals surface area contributed by atoms with Gasteiger partial charge in [-0.1, -0.05) is 32.6 Å². The molecule has 0 aromatic heterocycles. The summed E-state index contributed by atoms with van der Waals surface area (Å²) in [6, 6.07) is 0. The molecule has 0 aromatic rings. The van der Waals surface area contributed by atoms with Crippen LogP contribution in [0.1, 0.15) is 51.9 Å². The molecule has 0 fully saturated rings. The molecule has 0 saturated heterocycles. The van der Waals surface area contributed by atoms with Crippen molar-refractivity contribution in [3.05, 3.63) is 0 Å². The molecule has 0 radical (unpaired) electrons. The van der Waals surface area contributed by atoms with Crippen molar-refractivity contribution in [2.24, 2.45) is 0 Å². The highest BCUT2D eigenvalue weighted by Gasteiger charge is 2.02. The van der Waals surface area contributed by atoms with Crippen molar-refractivity contribution in [2.75, 3.05) is 6.67 Å². The van der Waals surface area contributed by atoms with E-state index in [0.717, 1.165) is 25.7 Å². The minimum Gasteiger partial charge on any atom is -0.251 e. The summed E-state index contributed by atoms with van der Waals surface area (Å²) < 4.78 is 11.7. The van der Waals surface area contributed by atoms with Gasteiger partial charge in [-0.05, 0) is 19.3 Å². The first-order valence-electron chi connectivity index (χ1n) is 5.01. The zero-order valence-corrected chi connectivity index (χ0v) is 8.75. The van der Waals surface area contributed by atoms with Crippen LogP contribution in [0.3, 0.4) is 0 Å². The maximum atomic E-state index is 11.7. The van der Waals surface area contributed by atoms with Gasteiger partial charge < -0.3 is 0 Å². The third kappa shape index (κ3) is 8.32. The summed E-state index contributed by atoms with van der Waals surface area (Å²) in [5.74, 6) is 0. The molecule has 0 nitrogen and oxygen atoms in total. The van der Waals surface area contributed by atoms with Gasteiger partial charge in [0.15, 0.2) is 0 Å². The van der Waals surface area contributed by atoms with E-state index >= 15 is 0 Å². The second kappa shape index (κ2) is 9.31. The van der Waals surface area contributed by atoms with E-state index in [1.807, 2.05) is 0 Å². The molecule has 0 N–H and O–H groups in total.